The maximum absolute atomic E-state index is 14.1. The quantitative estimate of drug-likeness (QED) is 0.545. The predicted octanol–water partition coefficient (Wildman–Crippen LogP) is 4.07. The number of amides is 1. The number of benzene rings is 3. The fourth-order valence-corrected chi connectivity index (χ4v) is 6.19. The lowest BCUT2D eigenvalue weighted by Gasteiger charge is -2.36. The second-order valence-corrected chi connectivity index (χ2v) is 10.6. The standard InChI is InChI=1S/C26H25F2N3O3S/c27-21-9-7-19(8-10-21)26(32)31-13-3-4-20-18-22(11-12-24(20)31)35(33,34)30-16-14-29(15-17-30)25-6-2-1-5-23(25)28/h1-2,5-12,18H,3-4,13-17H2. The highest BCUT2D eigenvalue weighted by Gasteiger charge is 2.31. The molecule has 182 valence electrons. The minimum Gasteiger partial charge on any atom is -0.367 e. The van der Waals surface area contributed by atoms with Gasteiger partial charge in [-0.05, 0) is 73.0 Å². The SMILES string of the molecule is O=C(c1ccc(F)cc1)N1CCCc2cc(S(=O)(=O)N3CCN(c4ccccc4F)CC3)ccc21. The molecule has 2 aliphatic heterocycles. The van der Waals surface area contributed by atoms with Crippen LogP contribution < -0.4 is 9.80 Å². The molecule has 0 aliphatic carbocycles. The number of piperazine rings is 1. The van der Waals surface area contributed by atoms with Crippen LogP contribution in [0, 0.1) is 11.6 Å². The Morgan fingerprint density at radius 2 is 1.51 bits per heavy atom. The molecule has 2 aliphatic rings. The number of rotatable bonds is 4. The van der Waals surface area contributed by atoms with Crippen LogP contribution in [0.3, 0.4) is 0 Å². The van der Waals surface area contributed by atoms with E-state index in [1.807, 2.05) is 4.90 Å². The first kappa shape index (κ1) is 23.4. The number of anilines is 2. The number of nitrogens with zero attached hydrogens (tertiary/aromatic N) is 3. The summed E-state index contributed by atoms with van der Waals surface area (Å²) in [6.45, 7) is 1.80. The topological polar surface area (TPSA) is 60.9 Å². The molecule has 0 saturated carbocycles. The summed E-state index contributed by atoms with van der Waals surface area (Å²) in [5, 5.41) is 0. The molecule has 0 bridgehead atoms. The minimum absolute atomic E-state index is 0.187. The van der Waals surface area contributed by atoms with E-state index in [9.17, 15) is 22.0 Å². The number of aryl methyl sites for hydroxylation is 1. The number of sulfonamides is 1. The van der Waals surface area contributed by atoms with Crippen LogP contribution in [0.2, 0.25) is 0 Å². The van der Waals surface area contributed by atoms with Gasteiger partial charge in [0, 0.05) is 44.0 Å². The Morgan fingerprint density at radius 3 is 2.23 bits per heavy atom. The van der Waals surface area contributed by atoms with E-state index in [2.05, 4.69) is 0 Å². The average Bonchev–Trinajstić information content (AvgIpc) is 2.88. The fraction of sp³-hybridized carbons (Fsp3) is 0.269. The third kappa shape index (κ3) is 4.53. The molecule has 3 aromatic rings. The lowest BCUT2D eigenvalue weighted by molar-refractivity contribution is 0.0985. The number of fused-ring (bicyclic) bond motifs is 1. The van der Waals surface area contributed by atoms with E-state index in [4.69, 9.17) is 0 Å². The molecule has 1 amide bonds. The summed E-state index contributed by atoms with van der Waals surface area (Å²) in [6, 6.07) is 16.8. The van der Waals surface area contributed by atoms with Gasteiger partial charge in [-0.25, -0.2) is 17.2 Å². The van der Waals surface area contributed by atoms with Crippen molar-refractivity contribution in [3.8, 4) is 0 Å². The van der Waals surface area contributed by atoms with Crippen molar-refractivity contribution < 1.29 is 22.0 Å². The first-order valence-electron chi connectivity index (χ1n) is 11.5. The van der Waals surface area contributed by atoms with E-state index in [0.29, 0.717) is 49.4 Å². The lowest BCUT2D eigenvalue weighted by atomic mass is 10.0. The molecule has 0 aromatic heterocycles. The van der Waals surface area contributed by atoms with Crippen molar-refractivity contribution in [3.63, 3.8) is 0 Å². The van der Waals surface area contributed by atoms with Crippen molar-refractivity contribution in [1.29, 1.82) is 0 Å². The molecule has 0 unspecified atom stereocenters. The predicted molar refractivity (Wildman–Crippen MR) is 130 cm³/mol. The van der Waals surface area contributed by atoms with Gasteiger partial charge >= 0.3 is 0 Å². The van der Waals surface area contributed by atoms with Crippen molar-refractivity contribution >= 4 is 27.3 Å². The maximum Gasteiger partial charge on any atom is 0.258 e. The van der Waals surface area contributed by atoms with Crippen molar-refractivity contribution in [1.82, 2.24) is 4.31 Å². The van der Waals surface area contributed by atoms with E-state index in [-0.39, 0.29) is 29.7 Å². The normalized spacial score (nSPS) is 16.7. The van der Waals surface area contributed by atoms with Crippen LogP contribution >= 0.6 is 0 Å². The summed E-state index contributed by atoms with van der Waals surface area (Å²) >= 11 is 0. The van der Waals surface area contributed by atoms with Crippen molar-refractivity contribution in [2.24, 2.45) is 0 Å². The van der Waals surface area contributed by atoms with Crippen LogP contribution in [0.4, 0.5) is 20.2 Å². The van der Waals surface area contributed by atoms with Gasteiger partial charge in [-0.1, -0.05) is 12.1 Å². The third-order valence-electron chi connectivity index (χ3n) is 6.58. The minimum atomic E-state index is -3.74. The van der Waals surface area contributed by atoms with E-state index >= 15 is 0 Å². The Balaban J connectivity index is 1.34. The summed E-state index contributed by atoms with van der Waals surface area (Å²) in [6.07, 6.45) is 1.36. The van der Waals surface area contributed by atoms with E-state index < -0.39 is 15.8 Å². The maximum atomic E-state index is 14.1. The summed E-state index contributed by atoms with van der Waals surface area (Å²) in [4.78, 5) is 16.7. The highest BCUT2D eigenvalue weighted by molar-refractivity contribution is 7.89. The number of carbonyl (C=O) groups excluding carboxylic acids is 1. The van der Waals surface area contributed by atoms with Gasteiger partial charge < -0.3 is 9.80 Å². The number of halogens is 2. The lowest BCUT2D eigenvalue weighted by Crippen LogP contribution is -2.49. The number of hydrogen-bond donors (Lipinski definition) is 0. The second-order valence-electron chi connectivity index (χ2n) is 8.70. The van der Waals surface area contributed by atoms with Crippen LogP contribution in [-0.4, -0.2) is 51.4 Å². The van der Waals surface area contributed by atoms with E-state index in [1.54, 1.807) is 35.2 Å². The molecule has 1 fully saturated rings. The molecule has 0 N–H and O–H groups in total. The Kier molecular flexibility index (Phi) is 6.29. The molecule has 0 spiro atoms. The molecule has 9 heteroatoms. The smallest absolute Gasteiger partial charge is 0.258 e. The fourth-order valence-electron chi connectivity index (χ4n) is 4.72. The molecule has 35 heavy (non-hydrogen) atoms. The van der Waals surface area contributed by atoms with Gasteiger partial charge in [0.2, 0.25) is 10.0 Å². The number of hydrogen-bond acceptors (Lipinski definition) is 4. The molecule has 5 rings (SSSR count). The first-order valence-corrected chi connectivity index (χ1v) is 13.0. The molecule has 6 nitrogen and oxygen atoms in total. The van der Waals surface area contributed by atoms with Crippen molar-refractivity contribution in [2.75, 3.05) is 42.5 Å². The second kappa shape index (κ2) is 9.39. The Morgan fingerprint density at radius 1 is 0.800 bits per heavy atom. The summed E-state index contributed by atoms with van der Waals surface area (Å²) in [7, 11) is -3.74. The molecular formula is C26H25F2N3O3S. The summed E-state index contributed by atoms with van der Waals surface area (Å²) in [5.74, 6) is -0.978. The monoisotopic (exact) mass is 497 g/mol. The van der Waals surface area contributed by atoms with Crippen LogP contribution in [0.25, 0.3) is 0 Å². The van der Waals surface area contributed by atoms with Gasteiger partial charge in [0.15, 0.2) is 0 Å². The molecular weight excluding hydrogens is 472 g/mol. The number of para-hydroxylation sites is 1. The van der Waals surface area contributed by atoms with Gasteiger partial charge in [0.05, 0.1) is 10.6 Å². The summed E-state index contributed by atoms with van der Waals surface area (Å²) < 4.78 is 55.6. The largest absolute Gasteiger partial charge is 0.367 e. The van der Waals surface area contributed by atoms with E-state index in [1.165, 1.54) is 40.7 Å². The average molecular weight is 498 g/mol. The van der Waals surface area contributed by atoms with Crippen molar-refractivity contribution in [2.45, 2.75) is 17.7 Å². The molecule has 1 saturated heterocycles. The Bertz CT molecular complexity index is 1350. The highest BCUT2D eigenvalue weighted by atomic mass is 32.2. The van der Waals surface area contributed by atoms with Gasteiger partial charge in [-0.3, -0.25) is 4.79 Å². The first-order chi connectivity index (χ1) is 16.8. The molecule has 3 aromatic carbocycles. The van der Waals surface area contributed by atoms with E-state index in [0.717, 1.165) is 5.56 Å². The number of carbonyl (C=O) groups is 1. The zero-order valence-corrected chi connectivity index (χ0v) is 19.8. The molecule has 0 radical (unpaired) electrons. The Hall–Kier alpha value is -3.30. The van der Waals surface area contributed by atoms with Crippen LogP contribution in [0.1, 0.15) is 22.3 Å². The Labute approximate surface area is 203 Å². The van der Waals surface area contributed by atoms with Gasteiger partial charge in [0.1, 0.15) is 11.6 Å². The van der Waals surface area contributed by atoms with Crippen LogP contribution in [0.15, 0.2) is 71.6 Å². The molecule has 2 heterocycles. The van der Waals surface area contributed by atoms with Gasteiger partial charge in [-0.15, -0.1) is 0 Å². The zero-order valence-electron chi connectivity index (χ0n) is 19.0. The zero-order chi connectivity index (χ0) is 24.6. The highest BCUT2D eigenvalue weighted by Crippen LogP contribution is 2.32. The van der Waals surface area contributed by atoms with Gasteiger partial charge in [-0.2, -0.15) is 4.31 Å². The van der Waals surface area contributed by atoms with Crippen LogP contribution in [-0.2, 0) is 16.4 Å². The summed E-state index contributed by atoms with van der Waals surface area (Å²) in [5.41, 5.74) is 2.32. The van der Waals surface area contributed by atoms with Crippen molar-refractivity contribution in [3.05, 3.63) is 89.5 Å². The van der Waals surface area contributed by atoms with Gasteiger partial charge in [0.25, 0.3) is 5.91 Å². The third-order valence-corrected chi connectivity index (χ3v) is 8.47. The van der Waals surface area contributed by atoms with Crippen LogP contribution in [0.5, 0.6) is 0 Å². The molecule has 0 atom stereocenters.